The summed E-state index contributed by atoms with van der Waals surface area (Å²) in [5, 5.41) is 11.7. The molecular weight excluding hydrogens is 482 g/mol. The van der Waals surface area contributed by atoms with Crippen molar-refractivity contribution in [1.82, 2.24) is 4.90 Å². The van der Waals surface area contributed by atoms with Crippen LogP contribution in [0.4, 0.5) is 0 Å². The topological polar surface area (TPSA) is 96.0 Å². The van der Waals surface area contributed by atoms with Crippen LogP contribution in [-0.4, -0.2) is 35.6 Å². The van der Waals surface area contributed by atoms with E-state index in [2.05, 4.69) is 0 Å². The molecule has 0 bridgehead atoms. The molecule has 0 radical (unpaired) electrons. The maximum absolute atomic E-state index is 13.3. The van der Waals surface area contributed by atoms with Gasteiger partial charge in [-0.2, -0.15) is 0 Å². The molecule has 198 valence electrons. The van der Waals surface area contributed by atoms with E-state index in [0.717, 1.165) is 11.1 Å². The molecule has 0 aromatic heterocycles. The number of allylic oxidation sites excluding steroid dienone is 4. The highest BCUT2D eigenvalue weighted by atomic mass is 16.5. The van der Waals surface area contributed by atoms with Crippen LogP contribution in [0, 0.1) is 6.92 Å². The number of carbonyl (C=O) groups is 3. The zero-order chi connectivity index (χ0) is 26.8. The lowest BCUT2D eigenvalue weighted by atomic mass is 9.71. The third-order valence-electron chi connectivity index (χ3n) is 7.49. The first-order valence-corrected chi connectivity index (χ1v) is 13.3. The van der Waals surface area contributed by atoms with Gasteiger partial charge in [-0.1, -0.05) is 35.9 Å². The fourth-order valence-corrected chi connectivity index (χ4v) is 5.81. The van der Waals surface area contributed by atoms with Crippen LogP contribution >= 0.6 is 0 Å². The van der Waals surface area contributed by atoms with Crippen molar-refractivity contribution in [3.05, 3.63) is 81.7 Å². The molecule has 0 amide bonds. The van der Waals surface area contributed by atoms with Crippen molar-refractivity contribution in [2.24, 2.45) is 0 Å². The number of aryl methyl sites for hydroxylation is 1. The predicted octanol–water partition coefficient (Wildman–Crippen LogP) is 4.14. The predicted molar refractivity (Wildman–Crippen MR) is 139 cm³/mol. The molecule has 0 atom stereocenters. The van der Waals surface area contributed by atoms with Gasteiger partial charge in [0.2, 0.25) is 0 Å². The monoisotopic (exact) mass is 514 g/mol. The average molecular weight is 515 g/mol. The Bertz CT molecular complexity index is 1290. The number of Topliss-reactive ketones (excluding diaryl/α,β-unsaturated/α-hetero) is 2. The number of carboxylic acid groups (broad SMARTS) is 1. The minimum Gasteiger partial charge on any atom is -0.548 e. The molecule has 2 aliphatic carbocycles. The average Bonchev–Trinajstić information content (AvgIpc) is 2.89. The number of aliphatic carboxylic acids is 1. The zero-order valence-corrected chi connectivity index (χ0v) is 21.9. The number of hydrogen-bond donors (Lipinski definition) is 0. The molecule has 0 N–H and O–H groups in total. The van der Waals surface area contributed by atoms with Gasteiger partial charge >= 0.3 is 0 Å². The number of nitrogens with zero attached hydrogens (tertiary/aromatic N) is 1. The number of hydrogen-bond acceptors (Lipinski definition) is 7. The molecule has 0 unspecified atom stereocenters. The quantitative estimate of drug-likeness (QED) is 0.523. The van der Waals surface area contributed by atoms with Gasteiger partial charge in [0.25, 0.3) is 0 Å². The smallest absolute Gasteiger partial charge is 0.161 e. The summed E-state index contributed by atoms with van der Waals surface area (Å²) in [6.07, 6.45) is 3.24. The highest BCUT2D eigenvalue weighted by Crippen LogP contribution is 2.50. The van der Waals surface area contributed by atoms with E-state index in [0.29, 0.717) is 85.8 Å². The fraction of sp³-hybridized carbons (Fsp3) is 0.387. The summed E-state index contributed by atoms with van der Waals surface area (Å²) < 4.78 is 12.1. The summed E-state index contributed by atoms with van der Waals surface area (Å²) in [6.45, 7) is 4.37. The molecule has 0 saturated heterocycles. The molecule has 0 fully saturated rings. The van der Waals surface area contributed by atoms with Gasteiger partial charge in [-0.05, 0) is 62.8 Å². The van der Waals surface area contributed by atoms with E-state index in [1.807, 2.05) is 56.3 Å². The molecule has 38 heavy (non-hydrogen) atoms. The van der Waals surface area contributed by atoms with Crippen molar-refractivity contribution in [2.45, 2.75) is 64.9 Å². The first kappa shape index (κ1) is 25.8. The molecule has 5 rings (SSSR count). The van der Waals surface area contributed by atoms with Gasteiger partial charge in [0.05, 0.1) is 19.1 Å². The van der Waals surface area contributed by atoms with Crippen molar-refractivity contribution >= 4 is 17.5 Å². The highest BCUT2D eigenvalue weighted by Gasteiger charge is 2.43. The maximum atomic E-state index is 13.3. The molecule has 1 aliphatic heterocycles. The van der Waals surface area contributed by atoms with Gasteiger partial charge < -0.3 is 24.3 Å². The second kappa shape index (κ2) is 10.9. The summed E-state index contributed by atoms with van der Waals surface area (Å²) in [5.74, 6) is -0.732. The van der Waals surface area contributed by atoms with Crippen LogP contribution in [0.2, 0.25) is 0 Å². The lowest BCUT2D eigenvalue weighted by molar-refractivity contribution is -0.305. The number of benzene rings is 2. The number of carboxylic acids is 1. The molecular formula is C31H32NO6-. The summed E-state index contributed by atoms with van der Waals surface area (Å²) in [5.41, 5.74) is 5.46. The van der Waals surface area contributed by atoms with Crippen LogP contribution in [0.5, 0.6) is 11.5 Å². The molecule has 7 nitrogen and oxygen atoms in total. The van der Waals surface area contributed by atoms with E-state index >= 15 is 0 Å². The Morgan fingerprint density at radius 1 is 0.895 bits per heavy atom. The Hall–Kier alpha value is -3.87. The second-order valence-electron chi connectivity index (χ2n) is 10.1. The van der Waals surface area contributed by atoms with E-state index in [1.165, 1.54) is 5.56 Å². The van der Waals surface area contributed by atoms with Gasteiger partial charge in [0, 0.05) is 41.3 Å². The van der Waals surface area contributed by atoms with Crippen LogP contribution in [0.25, 0.3) is 0 Å². The van der Waals surface area contributed by atoms with Crippen molar-refractivity contribution in [1.29, 1.82) is 0 Å². The molecule has 0 saturated carbocycles. The third-order valence-corrected chi connectivity index (χ3v) is 7.49. The minimum atomic E-state index is -1.23. The Kier molecular flexibility index (Phi) is 7.36. The fourth-order valence-electron chi connectivity index (χ4n) is 5.81. The summed E-state index contributed by atoms with van der Waals surface area (Å²) in [4.78, 5) is 40.0. The molecule has 2 aromatic rings. The van der Waals surface area contributed by atoms with Crippen molar-refractivity contribution in [3.8, 4) is 11.5 Å². The maximum Gasteiger partial charge on any atom is 0.161 e. The van der Waals surface area contributed by atoms with Crippen molar-refractivity contribution < 1.29 is 29.0 Å². The van der Waals surface area contributed by atoms with Crippen molar-refractivity contribution in [2.75, 3.05) is 13.2 Å². The molecule has 2 aromatic carbocycles. The number of ether oxygens (including phenoxy) is 2. The Morgan fingerprint density at radius 2 is 1.53 bits per heavy atom. The van der Waals surface area contributed by atoms with Gasteiger partial charge in [0.15, 0.2) is 23.1 Å². The van der Waals surface area contributed by atoms with Crippen LogP contribution in [0.1, 0.15) is 68.1 Å². The van der Waals surface area contributed by atoms with Gasteiger partial charge in [-0.3, -0.25) is 9.59 Å². The van der Waals surface area contributed by atoms with E-state index in [1.54, 1.807) is 4.90 Å². The SMILES string of the molecule is CCOc1cc(C2C3=C(CCCC3=O)N(CC(=O)[O-])C3=C2C(=O)CCC3)ccc1OCc1ccc(C)cc1. The van der Waals surface area contributed by atoms with Crippen molar-refractivity contribution in [3.63, 3.8) is 0 Å². The number of rotatable bonds is 8. The Balaban J connectivity index is 1.57. The standard InChI is InChI=1S/C31H33NO6/c1-3-37-27-16-21(14-15-26(27)38-18-20-12-10-19(2)11-13-20)29-30-22(6-4-8-24(30)33)32(17-28(35)36)23-7-5-9-25(34)31(23)29/h10-16,29H,3-9,17-18H2,1-2H3,(H,35,36)/p-1. The normalized spacial score (nSPS) is 17.9. The Labute approximate surface area is 222 Å². The lowest BCUT2D eigenvalue weighted by Crippen LogP contribution is -2.44. The van der Waals surface area contributed by atoms with E-state index in [4.69, 9.17) is 9.47 Å². The highest BCUT2D eigenvalue weighted by molar-refractivity contribution is 6.06. The molecule has 1 heterocycles. The second-order valence-corrected chi connectivity index (χ2v) is 10.1. The first-order valence-electron chi connectivity index (χ1n) is 13.3. The van der Waals surface area contributed by atoms with E-state index < -0.39 is 11.9 Å². The van der Waals surface area contributed by atoms with Gasteiger partial charge in [-0.25, -0.2) is 0 Å². The molecule has 7 heteroatoms. The molecule has 0 spiro atoms. The lowest BCUT2D eigenvalue weighted by Gasteiger charge is -2.44. The number of carbonyl (C=O) groups excluding carboxylic acids is 3. The van der Waals surface area contributed by atoms with Gasteiger partial charge in [-0.15, -0.1) is 0 Å². The Morgan fingerprint density at radius 3 is 2.11 bits per heavy atom. The largest absolute Gasteiger partial charge is 0.548 e. The molecule has 3 aliphatic rings. The van der Waals surface area contributed by atoms with Crippen LogP contribution in [-0.2, 0) is 21.0 Å². The minimum absolute atomic E-state index is 0.0396. The third kappa shape index (κ3) is 4.97. The van der Waals surface area contributed by atoms with E-state index in [9.17, 15) is 19.5 Å². The first-order chi connectivity index (χ1) is 18.4. The zero-order valence-electron chi connectivity index (χ0n) is 21.9. The number of ketones is 2. The van der Waals surface area contributed by atoms with Gasteiger partial charge in [0.1, 0.15) is 6.61 Å². The van der Waals surface area contributed by atoms with E-state index in [-0.39, 0.29) is 18.1 Å². The summed E-state index contributed by atoms with van der Waals surface area (Å²) in [6, 6.07) is 13.7. The summed E-state index contributed by atoms with van der Waals surface area (Å²) >= 11 is 0. The summed E-state index contributed by atoms with van der Waals surface area (Å²) in [7, 11) is 0. The van der Waals surface area contributed by atoms with Crippen LogP contribution in [0.15, 0.2) is 65.0 Å². The van der Waals surface area contributed by atoms with Crippen LogP contribution in [0.3, 0.4) is 0 Å². The van der Waals surface area contributed by atoms with Crippen LogP contribution < -0.4 is 14.6 Å².